The van der Waals surface area contributed by atoms with Crippen molar-refractivity contribution in [1.29, 1.82) is 0 Å². The molecule has 1 atom stereocenters. The first kappa shape index (κ1) is 13.9. The highest BCUT2D eigenvalue weighted by Crippen LogP contribution is 2.19. The van der Waals surface area contributed by atoms with Crippen molar-refractivity contribution in [3.05, 3.63) is 11.8 Å². The molecule has 0 spiro atoms. The van der Waals surface area contributed by atoms with Crippen molar-refractivity contribution in [3.8, 4) is 0 Å². The summed E-state index contributed by atoms with van der Waals surface area (Å²) in [6.45, 7) is 8.65. The molecule has 2 nitrogen and oxygen atoms in total. The van der Waals surface area contributed by atoms with Crippen molar-refractivity contribution in [2.45, 2.75) is 39.7 Å². The Kier molecular flexibility index (Phi) is 6.97. The molecule has 0 aromatic heterocycles. The second kappa shape index (κ2) is 8.02. The molecular weight excluding hydrogens is 218 g/mol. The summed E-state index contributed by atoms with van der Waals surface area (Å²) in [5.74, 6) is 3.20. The number of likely N-dealkylation sites (N-methyl/N-ethyl adjacent to an activating group) is 1. The van der Waals surface area contributed by atoms with Crippen LogP contribution < -0.4 is 5.32 Å². The molecule has 16 heavy (non-hydrogen) atoms. The topological polar surface area (TPSA) is 21.3 Å². The van der Waals surface area contributed by atoms with Crippen molar-refractivity contribution in [2.24, 2.45) is 5.92 Å². The molecule has 0 aromatic rings. The summed E-state index contributed by atoms with van der Waals surface area (Å²) in [4.78, 5) is 0. The average Bonchev–Trinajstić information content (AvgIpc) is 2.29. The molecule has 1 heterocycles. The van der Waals surface area contributed by atoms with Gasteiger partial charge in [0, 0.05) is 11.8 Å². The lowest BCUT2D eigenvalue weighted by atomic mass is 10.0. The molecule has 0 aliphatic carbocycles. The molecular formula is C13H25NOS. The Bertz CT molecular complexity index is 216. The zero-order valence-electron chi connectivity index (χ0n) is 10.8. The summed E-state index contributed by atoms with van der Waals surface area (Å²) >= 11 is 2.04. The van der Waals surface area contributed by atoms with Crippen LogP contribution in [0.25, 0.3) is 0 Å². The molecule has 1 aliphatic rings. The Balaban J connectivity index is 2.36. The van der Waals surface area contributed by atoms with Gasteiger partial charge in [-0.3, -0.25) is 0 Å². The van der Waals surface area contributed by atoms with Crippen LogP contribution in [-0.2, 0) is 4.74 Å². The zero-order valence-corrected chi connectivity index (χ0v) is 11.6. The van der Waals surface area contributed by atoms with Crippen molar-refractivity contribution >= 4 is 11.8 Å². The maximum Gasteiger partial charge on any atom is 0.0876 e. The van der Waals surface area contributed by atoms with Crippen molar-refractivity contribution in [3.63, 3.8) is 0 Å². The molecule has 0 aromatic carbocycles. The van der Waals surface area contributed by atoms with Gasteiger partial charge in [0.1, 0.15) is 0 Å². The normalized spacial score (nSPS) is 18.1. The number of thioether (sulfide) groups is 1. The summed E-state index contributed by atoms with van der Waals surface area (Å²) in [5, 5.41) is 3.56. The molecule has 0 amide bonds. The second-order valence-electron chi connectivity index (χ2n) is 4.71. The van der Waals surface area contributed by atoms with Crippen molar-refractivity contribution in [1.82, 2.24) is 5.32 Å². The van der Waals surface area contributed by atoms with Gasteiger partial charge in [-0.05, 0) is 36.6 Å². The first-order valence-electron chi connectivity index (χ1n) is 6.35. The Morgan fingerprint density at radius 3 is 2.81 bits per heavy atom. The van der Waals surface area contributed by atoms with Crippen LogP contribution in [0.1, 0.15) is 33.6 Å². The smallest absolute Gasteiger partial charge is 0.0876 e. The van der Waals surface area contributed by atoms with Crippen LogP contribution in [0.4, 0.5) is 0 Å². The summed E-state index contributed by atoms with van der Waals surface area (Å²) in [6, 6.07) is 0.508. The van der Waals surface area contributed by atoms with E-state index in [4.69, 9.17) is 4.74 Å². The van der Waals surface area contributed by atoms with Crippen LogP contribution in [0.5, 0.6) is 0 Å². The largest absolute Gasteiger partial charge is 0.501 e. The van der Waals surface area contributed by atoms with Gasteiger partial charge in [0.2, 0.25) is 0 Å². The highest BCUT2D eigenvalue weighted by Gasteiger charge is 2.16. The van der Waals surface area contributed by atoms with E-state index in [1.165, 1.54) is 29.9 Å². The maximum absolute atomic E-state index is 5.43. The molecule has 0 saturated heterocycles. The fourth-order valence-electron chi connectivity index (χ4n) is 1.81. The van der Waals surface area contributed by atoms with Crippen molar-refractivity contribution < 1.29 is 4.74 Å². The fourth-order valence-corrected chi connectivity index (χ4v) is 2.98. The van der Waals surface area contributed by atoms with Gasteiger partial charge >= 0.3 is 0 Å². The summed E-state index contributed by atoms with van der Waals surface area (Å²) in [5.41, 5.74) is 1.45. The Morgan fingerprint density at radius 2 is 2.25 bits per heavy atom. The SMILES string of the molecule is CCNC(CSCC(C)C)C1=COCCC1. The monoisotopic (exact) mass is 243 g/mol. The molecule has 1 unspecified atom stereocenters. The molecule has 1 N–H and O–H groups in total. The standard InChI is InChI=1S/C13H25NOS/c1-4-14-13(10-16-9-11(2)3)12-6-5-7-15-8-12/h8,11,13-14H,4-7,9-10H2,1-3H3. The number of hydrogen-bond donors (Lipinski definition) is 1. The van der Waals surface area contributed by atoms with Crippen molar-refractivity contribution in [2.75, 3.05) is 24.7 Å². The van der Waals surface area contributed by atoms with E-state index in [0.29, 0.717) is 6.04 Å². The first-order valence-corrected chi connectivity index (χ1v) is 7.51. The lowest BCUT2D eigenvalue weighted by molar-refractivity contribution is 0.220. The van der Waals surface area contributed by atoms with Gasteiger partial charge < -0.3 is 10.1 Å². The van der Waals surface area contributed by atoms with Crippen LogP contribution in [0.2, 0.25) is 0 Å². The van der Waals surface area contributed by atoms with Gasteiger partial charge in [-0.2, -0.15) is 11.8 Å². The minimum absolute atomic E-state index is 0.508. The molecule has 3 heteroatoms. The maximum atomic E-state index is 5.43. The summed E-state index contributed by atoms with van der Waals surface area (Å²) in [7, 11) is 0. The zero-order chi connectivity index (χ0) is 11.8. The van der Waals surface area contributed by atoms with Gasteiger partial charge in [-0.15, -0.1) is 0 Å². The average molecular weight is 243 g/mol. The van der Waals surface area contributed by atoms with E-state index in [1.807, 2.05) is 18.0 Å². The van der Waals surface area contributed by atoms with E-state index < -0.39 is 0 Å². The van der Waals surface area contributed by atoms with E-state index in [2.05, 4.69) is 26.1 Å². The Morgan fingerprint density at radius 1 is 1.44 bits per heavy atom. The van der Waals surface area contributed by atoms with E-state index in [9.17, 15) is 0 Å². The van der Waals surface area contributed by atoms with Crippen LogP contribution in [0, 0.1) is 5.92 Å². The minimum atomic E-state index is 0.508. The van der Waals surface area contributed by atoms with Gasteiger partial charge in [-0.25, -0.2) is 0 Å². The lowest BCUT2D eigenvalue weighted by Crippen LogP contribution is -2.34. The third kappa shape index (κ3) is 5.26. The van der Waals surface area contributed by atoms with E-state index in [0.717, 1.165) is 19.1 Å². The summed E-state index contributed by atoms with van der Waals surface area (Å²) < 4.78 is 5.43. The molecule has 1 aliphatic heterocycles. The van der Waals surface area contributed by atoms with Gasteiger partial charge in [-0.1, -0.05) is 20.8 Å². The third-order valence-corrected chi connectivity index (χ3v) is 4.07. The molecule has 94 valence electrons. The predicted octanol–water partition coefficient (Wildman–Crippen LogP) is 3.05. The molecule has 0 radical (unpaired) electrons. The molecule has 0 saturated carbocycles. The highest BCUT2D eigenvalue weighted by atomic mass is 32.2. The minimum Gasteiger partial charge on any atom is -0.501 e. The van der Waals surface area contributed by atoms with Crippen LogP contribution in [0.15, 0.2) is 11.8 Å². The highest BCUT2D eigenvalue weighted by molar-refractivity contribution is 7.99. The van der Waals surface area contributed by atoms with Crippen LogP contribution in [0.3, 0.4) is 0 Å². The molecule has 0 fully saturated rings. The third-order valence-electron chi connectivity index (χ3n) is 2.60. The summed E-state index contributed by atoms with van der Waals surface area (Å²) in [6.07, 6.45) is 4.34. The Hall–Kier alpha value is -0.150. The van der Waals surface area contributed by atoms with E-state index in [-0.39, 0.29) is 0 Å². The number of nitrogens with one attached hydrogen (secondary N) is 1. The molecule has 0 bridgehead atoms. The number of rotatable bonds is 7. The quantitative estimate of drug-likeness (QED) is 0.742. The lowest BCUT2D eigenvalue weighted by Gasteiger charge is -2.24. The second-order valence-corrected chi connectivity index (χ2v) is 5.78. The van der Waals surface area contributed by atoms with Crippen LogP contribution in [-0.4, -0.2) is 30.7 Å². The van der Waals surface area contributed by atoms with Gasteiger partial charge in [0.05, 0.1) is 12.9 Å². The van der Waals surface area contributed by atoms with Crippen LogP contribution >= 0.6 is 11.8 Å². The van der Waals surface area contributed by atoms with E-state index >= 15 is 0 Å². The van der Waals surface area contributed by atoms with Gasteiger partial charge in [0.25, 0.3) is 0 Å². The van der Waals surface area contributed by atoms with Gasteiger partial charge in [0.15, 0.2) is 0 Å². The first-order chi connectivity index (χ1) is 7.74. The fraction of sp³-hybridized carbons (Fsp3) is 0.846. The number of hydrogen-bond acceptors (Lipinski definition) is 3. The van der Waals surface area contributed by atoms with E-state index in [1.54, 1.807) is 0 Å². The predicted molar refractivity (Wildman–Crippen MR) is 72.9 cm³/mol. The molecule has 1 rings (SSSR count). The number of ether oxygens (including phenoxy) is 1. The Labute approximate surface area is 104 Å².